The fourth-order valence-corrected chi connectivity index (χ4v) is 4.23. The van der Waals surface area contributed by atoms with Gasteiger partial charge in [-0.2, -0.15) is 0 Å². The lowest BCUT2D eigenvalue weighted by molar-refractivity contribution is -0.138. The van der Waals surface area contributed by atoms with Crippen LogP contribution in [0.25, 0.3) is 5.69 Å². The normalized spacial score (nSPS) is 18.0. The first-order valence-electron chi connectivity index (χ1n) is 9.81. The van der Waals surface area contributed by atoms with Crippen molar-refractivity contribution in [1.29, 1.82) is 0 Å². The number of urea groups is 1. The molecule has 0 saturated carbocycles. The predicted octanol–water partition coefficient (Wildman–Crippen LogP) is 1.71. The summed E-state index contributed by atoms with van der Waals surface area (Å²) in [7, 11) is 0. The number of nitrogens with zero attached hydrogens (tertiary/aromatic N) is 6. The standard InChI is InChI=1S/C21H21N7O3S/c1-3-9-26(12-17-8-5-10-32-17)18(29)13-27-19(30)21(2,23-20(27)31)15-6-4-7-16(11-15)28-14-22-24-25-28/h3-8,10-11,14H,1,9,12-13H2,2H3,(H,23,31)/t21-/m0/s1. The Labute approximate surface area is 188 Å². The Kier molecular flexibility index (Phi) is 5.82. The fourth-order valence-electron chi connectivity index (χ4n) is 3.51. The predicted molar refractivity (Wildman–Crippen MR) is 117 cm³/mol. The quantitative estimate of drug-likeness (QED) is 0.412. The molecule has 1 N–H and O–H groups in total. The van der Waals surface area contributed by atoms with Crippen LogP contribution in [0, 0.1) is 0 Å². The number of carbonyl (C=O) groups excluding carboxylic acids is 3. The maximum absolute atomic E-state index is 13.3. The minimum Gasteiger partial charge on any atom is -0.332 e. The summed E-state index contributed by atoms with van der Waals surface area (Å²) in [5.41, 5.74) is -0.128. The molecule has 0 bridgehead atoms. The number of carbonyl (C=O) groups is 3. The van der Waals surface area contributed by atoms with E-state index in [9.17, 15) is 14.4 Å². The van der Waals surface area contributed by atoms with Gasteiger partial charge in [-0.3, -0.25) is 14.5 Å². The zero-order chi connectivity index (χ0) is 22.7. The van der Waals surface area contributed by atoms with Crippen LogP contribution in [-0.2, 0) is 21.7 Å². The SMILES string of the molecule is C=CCN(Cc1cccs1)C(=O)CN1C(=O)N[C@@](C)(c2cccc(-n3cnnn3)c2)C1=O. The molecule has 2 aromatic heterocycles. The molecule has 0 aliphatic carbocycles. The number of imide groups is 1. The van der Waals surface area contributed by atoms with Crippen molar-refractivity contribution >= 4 is 29.2 Å². The number of thiophene rings is 1. The summed E-state index contributed by atoms with van der Waals surface area (Å²) in [5.74, 6) is -0.840. The third kappa shape index (κ3) is 4.02. The lowest BCUT2D eigenvalue weighted by Gasteiger charge is -2.24. The smallest absolute Gasteiger partial charge is 0.325 e. The van der Waals surface area contributed by atoms with Gasteiger partial charge in [0.25, 0.3) is 5.91 Å². The number of rotatable bonds is 8. The average Bonchev–Trinajstić information content (AvgIpc) is 3.54. The lowest BCUT2D eigenvalue weighted by Crippen LogP contribution is -2.44. The van der Waals surface area contributed by atoms with Gasteiger partial charge in [-0.05, 0) is 46.5 Å². The molecule has 11 heteroatoms. The molecular weight excluding hydrogens is 430 g/mol. The van der Waals surface area contributed by atoms with E-state index in [0.717, 1.165) is 9.78 Å². The molecule has 3 heterocycles. The Morgan fingerprint density at radius 2 is 2.16 bits per heavy atom. The van der Waals surface area contributed by atoms with Crippen molar-refractivity contribution in [2.75, 3.05) is 13.1 Å². The van der Waals surface area contributed by atoms with Crippen LogP contribution in [0.1, 0.15) is 17.4 Å². The van der Waals surface area contributed by atoms with E-state index >= 15 is 0 Å². The molecule has 4 amide bonds. The molecule has 4 rings (SSSR count). The highest BCUT2D eigenvalue weighted by molar-refractivity contribution is 7.09. The molecule has 1 atom stereocenters. The van der Waals surface area contributed by atoms with Gasteiger partial charge in [0.05, 0.1) is 12.2 Å². The van der Waals surface area contributed by atoms with Crippen molar-refractivity contribution in [2.24, 2.45) is 0 Å². The number of hydrogen-bond donors (Lipinski definition) is 1. The Morgan fingerprint density at radius 1 is 1.31 bits per heavy atom. The summed E-state index contributed by atoms with van der Waals surface area (Å²) in [4.78, 5) is 42.4. The summed E-state index contributed by atoms with van der Waals surface area (Å²) < 4.78 is 1.45. The van der Waals surface area contributed by atoms with Gasteiger partial charge in [-0.1, -0.05) is 24.3 Å². The third-order valence-corrected chi connectivity index (χ3v) is 6.10. The average molecular weight is 452 g/mol. The minimum absolute atomic E-state index is 0.311. The Bertz CT molecular complexity index is 1150. The molecule has 164 valence electrons. The van der Waals surface area contributed by atoms with Crippen molar-refractivity contribution in [1.82, 2.24) is 35.3 Å². The van der Waals surface area contributed by atoms with E-state index in [1.165, 1.54) is 22.3 Å². The number of hydrogen-bond acceptors (Lipinski definition) is 7. The molecule has 0 unspecified atom stereocenters. The number of amides is 4. The molecular formula is C21H21N7O3S. The minimum atomic E-state index is -1.32. The van der Waals surface area contributed by atoms with Gasteiger partial charge in [-0.15, -0.1) is 23.0 Å². The highest BCUT2D eigenvalue weighted by Gasteiger charge is 2.49. The molecule has 1 aliphatic rings. The number of aromatic nitrogens is 4. The summed E-state index contributed by atoms with van der Waals surface area (Å²) in [6, 6.07) is 10.2. The molecule has 1 fully saturated rings. The first kappa shape index (κ1) is 21.4. The van der Waals surface area contributed by atoms with Gasteiger partial charge in [0.2, 0.25) is 5.91 Å². The van der Waals surface area contributed by atoms with Crippen molar-refractivity contribution in [3.8, 4) is 5.69 Å². The Balaban J connectivity index is 1.54. The second kappa shape index (κ2) is 8.71. The molecule has 1 saturated heterocycles. The molecule has 0 spiro atoms. The van der Waals surface area contributed by atoms with E-state index in [1.54, 1.807) is 42.2 Å². The summed E-state index contributed by atoms with van der Waals surface area (Å²) in [5, 5.41) is 15.7. The first-order chi connectivity index (χ1) is 15.4. The molecule has 10 nitrogen and oxygen atoms in total. The molecule has 1 aromatic carbocycles. The summed E-state index contributed by atoms with van der Waals surface area (Å²) >= 11 is 1.53. The van der Waals surface area contributed by atoms with Gasteiger partial charge >= 0.3 is 6.03 Å². The van der Waals surface area contributed by atoms with Gasteiger partial charge in [0.15, 0.2) is 0 Å². The van der Waals surface area contributed by atoms with E-state index in [0.29, 0.717) is 24.3 Å². The van der Waals surface area contributed by atoms with Gasteiger partial charge in [0, 0.05) is 11.4 Å². The van der Waals surface area contributed by atoms with Crippen LogP contribution in [0.4, 0.5) is 4.79 Å². The first-order valence-corrected chi connectivity index (χ1v) is 10.7. The van der Waals surface area contributed by atoms with Crippen molar-refractivity contribution < 1.29 is 14.4 Å². The molecule has 32 heavy (non-hydrogen) atoms. The zero-order valence-corrected chi connectivity index (χ0v) is 18.2. The van der Waals surface area contributed by atoms with Crippen molar-refractivity contribution in [3.63, 3.8) is 0 Å². The Hall–Kier alpha value is -3.86. The van der Waals surface area contributed by atoms with Crippen LogP contribution in [0.15, 0.2) is 60.8 Å². The molecule has 3 aromatic rings. The largest absolute Gasteiger partial charge is 0.332 e. The van der Waals surface area contributed by atoms with Crippen LogP contribution < -0.4 is 5.32 Å². The third-order valence-electron chi connectivity index (χ3n) is 5.23. The topological polar surface area (TPSA) is 113 Å². The number of benzene rings is 1. The highest BCUT2D eigenvalue weighted by Crippen LogP contribution is 2.30. The van der Waals surface area contributed by atoms with E-state index in [2.05, 4.69) is 27.4 Å². The fraction of sp³-hybridized carbons (Fsp3) is 0.238. The van der Waals surface area contributed by atoms with Crippen molar-refractivity contribution in [2.45, 2.75) is 19.0 Å². The van der Waals surface area contributed by atoms with E-state index in [1.807, 2.05) is 17.5 Å². The number of nitrogens with one attached hydrogen (secondary N) is 1. The number of tetrazole rings is 1. The molecule has 1 aliphatic heterocycles. The Morgan fingerprint density at radius 3 is 2.84 bits per heavy atom. The second-order valence-electron chi connectivity index (χ2n) is 7.39. The van der Waals surface area contributed by atoms with Crippen LogP contribution in [0.2, 0.25) is 0 Å². The highest BCUT2D eigenvalue weighted by atomic mass is 32.1. The van der Waals surface area contributed by atoms with Crippen LogP contribution in [-0.4, -0.2) is 60.9 Å². The van der Waals surface area contributed by atoms with Gasteiger partial charge < -0.3 is 10.2 Å². The van der Waals surface area contributed by atoms with Crippen molar-refractivity contribution in [3.05, 3.63) is 71.2 Å². The lowest BCUT2D eigenvalue weighted by atomic mass is 9.91. The monoisotopic (exact) mass is 451 g/mol. The maximum Gasteiger partial charge on any atom is 0.325 e. The van der Waals surface area contributed by atoms with Crippen LogP contribution >= 0.6 is 11.3 Å². The van der Waals surface area contributed by atoms with Gasteiger partial charge in [0.1, 0.15) is 18.4 Å². The molecule has 0 radical (unpaired) electrons. The van der Waals surface area contributed by atoms with Crippen LogP contribution in [0.5, 0.6) is 0 Å². The zero-order valence-electron chi connectivity index (χ0n) is 17.3. The van der Waals surface area contributed by atoms with E-state index < -0.39 is 17.5 Å². The summed E-state index contributed by atoms with van der Waals surface area (Å²) in [6.45, 7) is 5.66. The summed E-state index contributed by atoms with van der Waals surface area (Å²) in [6.07, 6.45) is 3.05. The van der Waals surface area contributed by atoms with Gasteiger partial charge in [-0.25, -0.2) is 9.48 Å². The maximum atomic E-state index is 13.3. The second-order valence-corrected chi connectivity index (χ2v) is 8.43. The van der Waals surface area contributed by atoms with Crippen LogP contribution in [0.3, 0.4) is 0 Å². The van der Waals surface area contributed by atoms with E-state index in [-0.39, 0.29) is 12.5 Å². The van der Waals surface area contributed by atoms with E-state index in [4.69, 9.17) is 0 Å².